The molecule has 112 valence electrons. The summed E-state index contributed by atoms with van der Waals surface area (Å²) in [5, 5.41) is 9.42. The van der Waals surface area contributed by atoms with Crippen LogP contribution >= 0.6 is 0 Å². The van der Waals surface area contributed by atoms with E-state index in [0.29, 0.717) is 11.8 Å². The predicted octanol–water partition coefficient (Wildman–Crippen LogP) is 1.15. The molecule has 0 aromatic carbocycles. The van der Waals surface area contributed by atoms with E-state index in [1.54, 1.807) is 13.8 Å². The summed E-state index contributed by atoms with van der Waals surface area (Å²) >= 11 is 0. The molecule has 0 radical (unpaired) electrons. The number of amides is 2. The van der Waals surface area contributed by atoms with Gasteiger partial charge in [-0.3, -0.25) is 14.5 Å². The van der Waals surface area contributed by atoms with E-state index in [2.05, 4.69) is 12.2 Å². The molecule has 2 amide bonds. The fraction of sp³-hybridized carbons (Fsp3) is 0.688. The van der Waals surface area contributed by atoms with Crippen LogP contribution in [0.3, 0.4) is 0 Å². The van der Waals surface area contributed by atoms with Crippen molar-refractivity contribution in [3.8, 4) is 0 Å². The summed E-state index contributed by atoms with van der Waals surface area (Å²) in [6.07, 6.45) is 5.31. The molecule has 5 rings (SSSR count). The van der Waals surface area contributed by atoms with E-state index in [9.17, 15) is 19.5 Å². The Morgan fingerprint density at radius 3 is 2.00 bits per heavy atom. The highest BCUT2D eigenvalue weighted by Crippen LogP contribution is 2.65. The van der Waals surface area contributed by atoms with Crippen LogP contribution in [-0.2, 0) is 14.4 Å². The minimum atomic E-state index is -1.09. The van der Waals surface area contributed by atoms with Crippen molar-refractivity contribution in [3.05, 3.63) is 12.2 Å². The molecule has 0 unspecified atom stereocenters. The van der Waals surface area contributed by atoms with Gasteiger partial charge in [0.25, 0.3) is 0 Å². The largest absolute Gasteiger partial charge is 0.480 e. The number of hydrogen-bond donors (Lipinski definition) is 1. The van der Waals surface area contributed by atoms with Crippen molar-refractivity contribution in [2.24, 2.45) is 41.4 Å². The van der Waals surface area contributed by atoms with E-state index in [1.807, 2.05) is 0 Å². The molecule has 2 bridgehead atoms. The number of imide groups is 1. The van der Waals surface area contributed by atoms with Crippen molar-refractivity contribution in [3.63, 3.8) is 0 Å². The molecule has 0 aromatic heterocycles. The highest BCUT2D eigenvalue weighted by atomic mass is 16.4. The number of carboxylic acid groups (broad SMARTS) is 1. The normalized spacial score (nSPS) is 44.0. The van der Waals surface area contributed by atoms with E-state index in [0.717, 1.165) is 11.3 Å². The van der Waals surface area contributed by atoms with Gasteiger partial charge in [0.1, 0.15) is 6.04 Å². The van der Waals surface area contributed by atoms with E-state index < -0.39 is 12.0 Å². The fourth-order valence-corrected chi connectivity index (χ4v) is 4.95. The zero-order valence-electron chi connectivity index (χ0n) is 12.1. The SMILES string of the molecule is CC(C)[C@H](C(=O)O)N1C(=O)[C@@H]2[C@@H]3C=C[C@@H]([C@@H]4C[C@H]34)[C@@H]2C1=O. The lowest BCUT2D eigenvalue weighted by Crippen LogP contribution is -2.48. The Morgan fingerprint density at radius 1 is 1.14 bits per heavy atom. The Morgan fingerprint density at radius 2 is 1.62 bits per heavy atom. The lowest BCUT2D eigenvalue weighted by atomic mass is 9.63. The number of hydrogen-bond acceptors (Lipinski definition) is 3. The molecule has 3 fully saturated rings. The van der Waals surface area contributed by atoms with Gasteiger partial charge < -0.3 is 5.11 Å². The van der Waals surface area contributed by atoms with Crippen molar-refractivity contribution in [1.29, 1.82) is 0 Å². The first-order chi connectivity index (χ1) is 9.93. The van der Waals surface area contributed by atoms with Gasteiger partial charge in [-0.15, -0.1) is 0 Å². The second kappa shape index (κ2) is 3.96. The van der Waals surface area contributed by atoms with E-state index in [4.69, 9.17) is 0 Å². The molecule has 7 atom stereocenters. The number of carboxylic acids is 1. The molecule has 5 aliphatic rings. The van der Waals surface area contributed by atoms with Crippen LogP contribution in [0.2, 0.25) is 0 Å². The molecular weight excluding hydrogens is 270 g/mol. The number of carbonyl (C=O) groups excluding carboxylic acids is 2. The van der Waals surface area contributed by atoms with Crippen LogP contribution in [-0.4, -0.2) is 33.8 Å². The Bertz CT molecular complexity index is 545. The Labute approximate surface area is 123 Å². The summed E-state index contributed by atoms with van der Waals surface area (Å²) in [5.41, 5.74) is 0. The number of aliphatic carboxylic acids is 1. The first-order valence-corrected chi connectivity index (χ1v) is 7.71. The molecule has 0 spiro atoms. The van der Waals surface area contributed by atoms with Gasteiger partial charge in [-0.2, -0.15) is 0 Å². The van der Waals surface area contributed by atoms with Crippen LogP contribution in [0.15, 0.2) is 12.2 Å². The first kappa shape index (κ1) is 13.0. The van der Waals surface area contributed by atoms with Crippen LogP contribution < -0.4 is 0 Å². The summed E-state index contributed by atoms with van der Waals surface area (Å²) in [4.78, 5) is 38.1. The van der Waals surface area contributed by atoms with Crippen molar-refractivity contribution in [2.45, 2.75) is 26.3 Å². The highest BCUT2D eigenvalue weighted by molar-refractivity contribution is 6.08. The average molecular weight is 289 g/mol. The van der Waals surface area contributed by atoms with Gasteiger partial charge >= 0.3 is 5.97 Å². The lowest BCUT2D eigenvalue weighted by molar-refractivity contribution is -0.157. The number of likely N-dealkylation sites (tertiary alicyclic amines) is 1. The van der Waals surface area contributed by atoms with Crippen LogP contribution in [0.1, 0.15) is 20.3 Å². The summed E-state index contributed by atoms with van der Waals surface area (Å²) in [6, 6.07) is -1.04. The summed E-state index contributed by atoms with van der Waals surface area (Å²) < 4.78 is 0. The molecular formula is C16H19NO4. The van der Waals surface area contributed by atoms with Gasteiger partial charge in [-0.25, -0.2) is 4.79 Å². The molecule has 1 saturated heterocycles. The zero-order chi connectivity index (χ0) is 15.0. The van der Waals surface area contributed by atoms with Gasteiger partial charge in [0.2, 0.25) is 11.8 Å². The van der Waals surface area contributed by atoms with Crippen LogP contribution in [0.25, 0.3) is 0 Å². The average Bonchev–Trinajstić information content (AvgIpc) is 3.19. The smallest absolute Gasteiger partial charge is 0.327 e. The van der Waals surface area contributed by atoms with Gasteiger partial charge in [0.05, 0.1) is 11.8 Å². The van der Waals surface area contributed by atoms with Gasteiger partial charge in [0, 0.05) is 0 Å². The predicted molar refractivity (Wildman–Crippen MR) is 72.8 cm³/mol. The third-order valence-corrected chi connectivity index (χ3v) is 5.86. The molecule has 5 nitrogen and oxygen atoms in total. The van der Waals surface area contributed by atoms with E-state index in [1.165, 1.54) is 0 Å². The third kappa shape index (κ3) is 1.49. The maximum atomic E-state index is 12.8. The standard InChI is InChI=1S/C16H19NO4/c1-6(2)13(16(20)21)17-14(18)11-7-3-4-8(10-5-9(7)10)12(11)15(17)19/h3-4,6-13H,5H2,1-2H3,(H,20,21)/t7-,8+,9-,10+,11-,12+,13-/m1/s1. The van der Waals surface area contributed by atoms with E-state index in [-0.39, 0.29) is 41.4 Å². The maximum absolute atomic E-state index is 12.8. The maximum Gasteiger partial charge on any atom is 0.327 e. The molecule has 0 aromatic rings. The van der Waals surface area contributed by atoms with Crippen molar-refractivity contribution in [2.75, 3.05) is 0 Å². The van der Waals surface area contributed by atoms with Crippen LogP contribution in [0.4, 0.5) is 0 Å². The summed E-state index contributed by atoms with van der Waals surface area (Å²) in [5.74, 6) is -1.12. The first-order valence-electron chi connectivity index (χ1n) is 7.71. The third-order valence-electron chi connectivity index (χ3n) is 5.86. The molecule has 1 heterocycles. The Hall–Kier alpha value is -1.65. The van der Waals surface area contributed by atoms with Crippen molar-refractivity contribution < 1.29 is 19.5 Å². The summed E-state index contributed by atoms with van der Waals surface area (Å²) in [7, 11) is 0. The lowest BCUT2D eigenvalue weighted by Gasteiger charge is -2.37. The molecule has 2 saturated carbocycles. The second-order valence-electron chi connectivity index (χ2n) is 7.23. The molecule has 1 N–H and O–H groups in total. The highest BCUT2D eigenvalue weighted by Gasteiger charge is 2.68. The van der Waals surface area contributed by atoms with Crippen molar-refractivity contribution >= 4 is 17.8 Å². The zero-order valence-corrected chi connectivity index (χ0v) is 12.1. The molecule has 1 aliphatic heterocycles. The fourth-order valence-electron chi connectivity index (χ4n) is 4.95. The second-order valence-corrected chi connectivity index (χ2v) is 7.23. The number of nitrogens with zero attached hydrogens (tertiary/aromatic N) is 1. The van der Waals surface area contributed by atoms with Crippen LogP contribution in [0, 0.1) is 41.4 Å². The Balaban J connectivity index is 1.73. The molecule has 5 heteroatoms. The van der Waals surface area contributed by atoms with Gasteiger partial charge in [0.15, 0.2) is 0 Å². The number of rotatable bonds is 3. The van der Waals surface area contributed by atoms with E-state index >= 15 is 0 Å². The quantitative estimate of drug-likeness (QED) is 0.624. The molecule has 21 heavy (non-hydrogen) atoms. The topological polar surface area (TPSA) is 74.7 Å². The van der Waals surface area contributed by atoms with Crippen LogP contribution in [0.5, 0.6) is 0 Å². The van der Waals surface area contributed by atoms with Gasteiger partial charge in [-0.1, -0.05) is 26.0 Å². The monoisotopic (exact) mass is 289 g/mol. The number of allylic oxidation sites excluding steroid dienone is 2. The summed E-state index contributed by atoms with van der Waals surface area (Å²) in [6.45, 7) is 3.48. The minimum absolute atomic E-state index is 0.146. The molecule has 4 aliphatic carbocycles. The van der Waals surface area contributed by atoms with Crippen molar-refractivity contribution in [1.82, 2.24) is 4.90 Å². The minimum Gasteiger partial charge on any atom is -0.480 e. The Kier molecular flexibility index (Phi) is 2.46. The van der Waals surface area contributed by atoms with Gasteiger partial charge in [-0.05, 0) is 36.0 Å². The number of carbonyl (C=O) groups is 3.